The van der Waals surface area contributed by atoms with Crippen molar-refractivity contribution >= 4 is 0 Å². The smallest absolute Gasteiger partial charge is 0.163 e. The van der Waals surface area contributed by atoms with E-state index in [0.717, 1.165) is 18.1 Å². The number of hydrogen-bond acceptors (Lipinski definition) is 2. The highest BCUT2D eigenvalue weighted by Crippen LogP contribution is 2.35. The summed E-state index contributed by atoms with van der Waals surface area (Å²) in [5.74, 6) is -1.08. The van der Waals surface area contributed by atoms with Crippen molar-refractivity contribution in [3.63, 3.8) is 0 Å². The third-order valence-electron chi connectivity index (χ3n) is 3.40. The topological polar surface area (TPSA) is 35.2 Å². The van der Waals surface area contributed by atoms with Crippen molar-refractivity contribution in [3.8, 4) is 5.75 Å². The molecule has 0 spiro atoms. The summed E-state index contributed by atoms with van der Waals surface area (Å²) >= 11 is 0. The van der Waals surface area contributed by atoms with Gasteiger partial charge in [0, 0.05) is 17.5 Å². The fourth-order valence-corrected chi connectivity index (χ4v) is 2.41. The molecule has 2 nitrogen and oxygen atoms in total. The average molecular weight is 261 g/mol. The third-order valence-corrected chi connectivity index (χ3v) is 3.40. The van der Waals surface area contributed by atoms with Gasteiger partial charge in [-0.15, -0.1) is 0 Å². The van der Waals surface area contributed by atoms with E-state index in [1.165, 1.54) is 12.1 Å². The van der Waals surface area contributed by atoms with Gasteiger partial charge in [-0.3, -0.25) is 0 Å². The molecule has 0 saturated heterocycles. The predicted octanol–water partition coefficient (Wildman–Crippen LogP) is 2.95. The van der Waals surface area contributed by atoms with E-state index in [1.807, 2.05) is 12.1 Å². The van der Waals surface area contributed by atoms with E-state index < -0.39 is 17.7 Å². The van der Waals surface area contributed by atoms with Crippen LogP contribution in [0.4, 0.5) is 8.78 Å². The minimum Gasteiger partial charge on any atom is -0.493 e. The van der Waals surface area contributed by atoms with E-state index in [9.17, 15) is 8.78 Å². The van der Waals surface area contributed by atoms with E-state index in [4.69, 9.17) is 10.5 Å². The summed E-state index contributed by atoms with van der Waals surface area (Å²) in [5, 5.41) is 0. The Hall–Kier alpha value is -1.94. The van der Waals surface area contributed by atoms with Crippen LogP contribution < -0.4 is 10.5 Å². The Morgan fingerprint density at radius 3 is 2.63 bits per heavy atom. The Bertz CT molecular complexity index is 628. The van der Waals surface area contributed by atoms with Crippen LogP contribution in [0.3, 0.4) is 0 Å². The van der Waals surface area contributed by atoms with Crippen molar-refractivity contribution in [2.45, 2.75) is 12.5 Å². The Morgan fingerprint density at radius 1 is 1.05 bits per heavy atom. The summed E-state index contributed by atoms with van der Waals surface area (Å²) in [6.07, 6.45) is 0.821. The van der Waals surface area contributed by atoms with E-state index in [1.54, 1.807) is 6.07 Å². The second-order valence-electron chi connectivity index (χ2n) is 4.55. The first-order chi connectivity index (χ1) is 9.18. The van der Waals surface area contributed by atoms with Crippen molar-refractivity contribution in [2.75, 3.05) is 6.61 Å². The molecule has 98 valence electrons. The number of halogens is 2. The molecule has 1 aliphatic heterocycles. The zero-order chi connectivity index (χ0) is 13.4. The maximum Gasteiger partial charge on any atom is 0.163 e. The lowest BCUT2D eigenvalue weighted by molar-refractivity contribution is 0.352. The van der Waals surface area contributed by atoms with Crippen molar-refractivity contribution in [2.24, 2.45) is 5.73 Å². The molecule has 0 bridgehead atoms. The first-order valence-corrected chi connectivity index (χ1v) is 6.12. The Balaban J connectivity index is 2.08. The molecule has 2 aromatic carbocycles. The van der Waals surface area contributed by atoms with Gasteiger partial charge in [0.15, 0.2) is 11.6 Å². The molecule has 0 amide bonds. The number of hydrogen-bond donors (Lipinski definition) is 1. The summed E-state index contributed by atoms with van der Waals surface area (Å²) in [6.45, 7) is 0.602. The van der Waals surface area contributed by atoms with Gasteiger partial charge in [-0.05, 0) is 11.6 Å². The van der Waals surface area contributed by atoms with Gasteiger partial charge < -0.3 is 10.5 Å². The second-order valence-corrected chi connectivity index (χ2v) is 4.55. The van der Waals surface area contributed by atoms with Crippen LogP contribution in [-0.4, -0.2) is 6.61 Å². The molecule has 2 aromatic rings. The van der Waals surface area contributed by atoms with Crippen molar-refractivity contribution in [3.05, 3.63) is 64.7 Å². The van der Waals surface area contributed by atoms with Crippen LogP contribution in [-0.2, 0) is 6.42 Å². The third kappa shape index (κ3) is 1.98. The fraction of sp³-hybridized carbons (Fsp3) is 0.200. The van der Waals surface area contributed by atoms with Gasteiger partial charge in [0.1, 0.15) is 5.75 Å². The lowest BCUT2D eigenvalue weighted by Gasteiger charge is -2.16. The molecule has 19 heavy (non-hydrogen) atoms. The average Bonchev–Trinajstić information content (AvgIpc) is 2.89. The Labute approximate surface area is 109 Å². The zero-order valence-corrected chi connectivity index (χ0v) is 10.2. The quantitative estimate of drug-likeness (QED) is 0.902. The number of fused-ring (bicyclic) bond motifs is 1. The molecule has 1 atom stereocenters. The molecule has 3 rings (SSSR count). The molecule has 1 unspecified atom stereocenters. The summed E-state index contributed by atoms with van der Waals surface area (Å²) in [4.78, 5) is 0. The first kappa shape index (κ1) is 12.1. The molecular weight excluding hydrogens is 248 g/mol. The van der Waals surface area contributed by atoms with Crippen molar-refractivity contribution in [1.29, 1.82) is 0 Å². The lowest BCUT2D eigenvalue weighted by Crippen LogP contribution is -2.15. The normalized spacial score (nSPS) is 14.9. The van der Waals surface area contributed by atoms with Crippen LogP contribution in [0.5, 0.6) is 5.75 Å². The summed E-state index contributed by atoms with van der Waals surface area (Å²) in [5.41, 5.74) is 7.97. The Morgan fingerprint density at radius 2 is 1.79 bits per heavy atom. The van der Waals surface area contributed by atoms with Crippen LogP contribution in [0.2, 0.25) is 0 Å². The minimum atomic E-state index is -0.898. The molecule has 0 saturated carbocycles. The number of para-hydroxylation sites is 1. The van der Waals surface area contributed by atoms with E-state index in [0.29, 0.717) is 17.9 Å². The highest BCUT2D eigenvalue weighted by molar-refractivity contribution is 5.48. The summed E-state index contributed by atoms with van der Waals surface area (Å²) in [6, 6.07) is 8.91. The molecule has 0 radical (unpaired) electrons. The number of nitrogens with two attached hydrogens (primary N) is 1. The maximum absolute atomic E-state index is 13.8. The molecule has 0 aliphatic carbocycles. The van der Waals surface area contributed by atoms with Crippen LogP contribution in [0.1, 0.15) is 22.7 Å². The second kappa shape index (κ2) is 4.63. The van der Waals surface area contributed by atoms with Crippen LogP contribution in [0.15, 0.2) is 36.4 Å². The summed E-state index contributed by atoms with van der Waals surface area (Å²) < 4.78 is 32.6. The van der Waals surface area contributed by atoms with E-state index in [-0.39, 0.29) is 5.56 Å². The fourth-order valence-electron chi connectivity index (χ4n) is 2.41. The van der Waals surface area contributed by atoms with Crippen molar-refractivity contribution < 1.29 is 13.5 Å². The SMILES string of the molecule is NC(c1cccc(F)c1F)c1cccc2c1OCC2. The van der Waals surface area contributed by atoms with Crippen molar-refractivity contribution in [1.82, 2.24) is 0 Å². The molecule has 0 aromatic heterocycles. The highest BCUT2D eigenvalue weighted by atomic mass is 19.2. The highest BCUT2D eigenvalue weighted by Gasteiger charge is 2.23. The Kier molecular flexibility index (Phi) is 2.95. The van der Waals surface area contributed by atoms with E-state index >= 15 is 0 Å². The molecular formula is C15H13F2NO. The lowest BCUT2D eigenvalue weighted by atomic mass is 9.96. The maximum atomic E-state index is 13.8. The van der Waals surface area contributed by atoms with Gasteiger partial charge in [-0.25, -0.2) is 8.78 Å². The molecule has 2 N–H and O–H groups in total. The molecule has 1 heterocycles. The van der Waals surface area contributed by atoms with Gasteiger partial charge in [0.05, 0.1) is 12.6 Å². The predicted molar refractivity (Wildman–Crippen MR) is 68.0 cm³/mol. The number of rotatable bonds is 2. The van der Waals surface area contributed by atoms with Crippen LogP contribution >= 0.6 is 0 Å². The first-order valence-electron chi connectivity index (χ1n) is 6.12. The zero-order valence-electron chi connectivity index (χ0n) is 10.2. The van der Waals surface area contributed by atoms with Gasteiger partial charge in [-0.2, -0.15) is 0 Å². The van der Waals surface area contributed by atoms with Gasteiger partial charge in [0.2, 0.25) is 0 Å². The van der Waals surface area contributed by atoms with E-state index in [2.05, 4.69) is 0 Å². The van der Waals surface area contributed by atoms with Gasteiger partial charge in [-0.1, -0.05) is 30.3 Å². The molecule has 4 heteroatoms. The van der Waals surface area contributed by atoms with Crippen LogP contribution in [0.25, 0.3) is 0 Å². The number of ether oxygens (including phenoxy) is 1. The molecule has 0 fully saturated rings. The molecule has 1 aliphatic rings. The van der Waals surface area contributed by atoms with Gasteiger partial charge in [0.25, 0.3) is 0 Å². The monoisotopic (exact) mass is 261 g/mol. The number of benzene rings is 2. The minimum absolute atomic E-state index is 0.143. The largest absolute Gasteiger partial charge is 0.493 e. The standard InChI is InChI=1S/C15H13F2NO/c16-12-6-2-4-10(13(12)17)14(18)11-5-1-3-9-7-8-19-15(9)11/h1-6,14H,7-8,18H2. The summed E-state index contributed by atoms with van der Waals surface area (Å²) in [7, 11) is 0. The van der Waals surface area contributed by atoms with Crippen LogP contribution in [0, 0.1) is 11.6 Å². The van der Waals surface area contributed by atoms with Gasteiger partial charge >= 0.3 is 0 Å².